The van der Waals surface area contributed by atoms with E-state index >= 15 is 0 Å². The second-order valence-electron chi connectivity index (χ2n) is 4.20. The van der Waals surface area contributed by atoms with E-state index in [-0.39, 0.29) is 5.78 Å². The lowest BCUT2D eigenvalue weighted by molar-refractivity contribution is -0.117. The number of carbonyl (C=O) groups is 1. The Bertz CT molecular complexity index is 331. The van der Waals surface area contributed by atoms with E-state index in [0.717, 1.165) is 19.4 Å². The van der Waals surface area contributed by atoms with Gasteiger partial charge in [-0.1, -0.05) is 29.8 Å². The molecular formula is C14H20O2. The maximum absolute atomic E-state index is 10.7. The zero-order valence-electron chi connectivity index (χ0n) is 10.2. The van der Waals surface area contributed by atoms with Gasteiger partial charge in [0.25, 0.3) is 0 Å². The largest absolute Gasteiger partial charge is 0.377 e. The molecule has 0 saturated heterocycles. The fourth-order valence-corrected chi connectivity index (χ4v) is 1.57. The van der Waals surface area contributed by atoms with Crippen LogP contribution in [0.5, 0.6) is 0 Å². The van der Waals surface area contributed by atoms with Crippen molar-refractivity contribution in [2.24, 2.45) is 0 Å². The number of hydrogen-bond acceptors (Lipinski definition) is 2. The highest BCUT2D eigenvalue weighted by Crippen LogP contribution is 2.06. The van der Waals surface area contributed by atoms with Gasteiger partial charge in [-0.15, -0.1) is 0 Å². The van der Waals surface area contributed by atoms with E-state index in [2.05, 4.69) is 25.1 Å². The molecule has 0 fully saturated rings. The van der Waals surface area contributed by atoms with E-state index in [1.54, 1.807) is 6.92 Å². The number of Topliss-reactive ketones (excluding diaryl/α,β-unsaturated/α-hetero) is 1. The topological polar surface area (TPSA) is 26.3 Å². The summed E-state index contributed by atoms with van der Waals surface area (Å²) in [5.41, 5.74) is 2.48. The van der Waals surface area contributed by atoms with Gasteiger partial charge >= 0.3 is 0 Å². The molecule has 0 heterocycles. The van der Waals surface area contributed by atoms with Crippen LogP contribution in [-0.2, 0) is 16.1 Å². The van der Waals surface area contributed by atoms with Crippen LogP contribution in [0.2, 0.25) is 0 Å². The first kappa shape index (κ1) is 12.9. The van der Waals surface area contributed by atoms with Crippen LogP contribution in [0.4, 0.5) is 0 Å². The summed E-state index contributed by atoms with van der Waals surface area (Å²) in [4.78, 5) is 10.7. The fraction of sp³-hybridized carbons (Fsp3) is 0.500. The second-order valence-corrected chi connectivity index (χ2v) is 4.20. The van der Waals surface area contributed by atoms with Gasteiger partial charge in [-0.05, 0) is 32.3 Å². The van der Waals surface area contributed by atoms with Crippen LogP contribution in [0.1, 0.15) is 37.3 Å². The Hall–Kier alpha value is -1.15. The lowest BCUT2D eigenvalue weighted by atomic mass is 10.1. The molecular weight excluding hydrogens is 200 g/mol. The molecule has 0 aliphatic rings. The lowest BCUT2D eigenvalue weighted by Gasteiger charge is -2.04. The molecule has 1 rings (SSSR count). The maximum atomic E-state index is 10.7. The molecule has 88 valence electrons. The molecule has 0 atom stereocenters. The molecule has 1 aromatic rings. The van der Waals surface area contributed by atoms with Crippen LogP contribution in [0.25, 0.3) is 0 Å². The van der Waals surface area contributed by atoms with Gasteiger partial charge in [0.1, 0.15) is 5.78 Å². The molecule has 2 nitrogen and oxygen atoms in total. The molecule has 0 amide bonds. The summed E-state index contributed by atoms with van der Waals surface area (Å²) < 4.78 is 5.55. The van der Waals surface area contributed by atoms with Crippen molar-refractivity contribution >= 4 is 5.78 Å². The Labute approximate surface area is 97.6 Å². The number of unbranched alkanes of at least 4 members (excludes halogenated alkanes) is 1. The van der Waals surface area contributed by atoms with Crippen molar-refractivity contribution < 1.29 is 9.53 Å². The van der Waals surface area contributed by atoms with Gasteiger partial charge in [0.2, 0.25) is 0 Å². The molecule has 0 N–H and O–H groups in total. The minimum atomic E-state index is 0.263. The predicted octanol–water partition coefficient (Wildman–Crippen LogP) is 3.27. The maximum Gasteiger partial charge on any atom is 0.129 e. The fourth-order valence-electron chi connectivity index (χ4n) is 1.57. The van der Waals surface area contributed by atoms with Crippen LogP contribution < -0.4 is 0 Å². The molecule has 0 saturated carbocycles. The molecule has 2 heteroatoms. The van der Waals surface area contributed by atoms with Crippen molar-refractivity contribution in [1.29, 1.82) is 0 Å². The Kier molecular flexibility index (Phi) is 5.79. The summed E-state index contributed by atoms with van der Waals surface area (Å²) in [5.74, 6) is 0.263. The zero-order chi connectivity index (χ0) is 11.8. The highest BCUT2D eigenvalue weighted by Gasteiger charge is 1.95. The Balaban J connectivity index is 2.09. The van der Waals surface area contributed by atoms with Gasteiger partial charge in [0, 0.05) is 13.0 Å². The van der Waals surface area contributed by atoms with E-state index in [0.29, 0.717) is 13.0 Å². The van der Waals surface area contributed by atoms with Crippen LogP contribution in [-0.4, -0.2) is 12.4 Å². The average Bonchev–Trinajstić information content (AvgIpc) is 2.23. The molecule has 1 aromatic carbocycles. The third kappa shape index (κ3) is 5.66. The van der Waals surface area contributed by atoms with Crippen molar-refractivity contribution in [2.45, 2.75) is 39.7 Å². The highest BCUT2D eigenvalue weighted by molar-refractivity contribution is 5.75. The van der Waals surface area contributed by atoms with Crippen LogP contribution >= 0.6 is 0 Å². The number of hydrogen-bond donors (Lipinski definition) is 0. The standard InChI is InChI=1S/C14H20O2/c1-12-6-5-8-14(10-12)11-16-9-4-3-7-13(2)15/h5-6,8,10H,3-4,7,9,11H2,1-2H3. The Morgan fingerprint density at radius 3 is 2.81 bits per heavy atom. The van der Waals surface area contributed by atoms with Gasteiger partial charge in [-0.25, -0.2) is 0 Å². The van der Waals surface area contributed by atoms with Gasteiger partial charge in [0.15, 0.2) is 0 Å². The monoisotopic (exact) mass is 220 g/mol. The first-order valence-electron chi connectivity index (χ1n) is 5.81. The normalized spacial score (nSPS) is 10.4. The van der Waals surface area contributed by atoms with E-state index in [1.807, 2.05) is 6.07 Å². The highest BCUT2D eigenvalue weighted by atomic mass is 16.5. The SMILES string of the molecule is CC(=O)CCCCOCc1cccc(C)c1. The van der Waals surface area contributed by atoms with E-state index in [1.165, 1.54) is 11.1 Å². The van der Waals surface area contributed by atoms with Crippen molar-refractivity contribution in [1.82, 2.24) is 0 Å². The lowest BCUT2D eigenvalue weighted by Crippen LogP contribution is -1.97. The molecule has 16 heavy (non-hydrogen) atoms. The van der Waals surface area contributed by atoms with Gasteiger partial charge < -0.3 is 9.53 Å². The number of aryl methyl sites for hydroxylation is 1. The number of rotatable bonds is 7. The van der Waals surface area contributed by atoms with Crippen LogP contribution in [0, 0.1) is 6.92 Å². The number of benzene rings is 1. The predicted molar refractivity (Wildman–Crippen MR) is 65.4 cm³/mol. The van der Waals surface area contributed by atoms with Crippen molar-refractivity contribution in [3.8, 4) is 0 Å². The second kappa shape index (κ2) is 7.18. The van der Waals surface area contributed by atoms with Crippen molar-refractivity contribution in [3.63, 3.8) is 0 Å². The summed E-state index contributed by atoms with van der Waals surface area (Å²) in [7, 11) is 0. The molecule has 0 aliphatic heterocycles. The smallest absolute Gasteiger partial charge is 0.129 e. The third-order valence-corrected chi connectivity index (χ3v) is 2.42. The van der Waals surface area contributed by atoms with Crippen molar-refractivity contribution in [3.05, 3.63) is 35.4 Å². The minimum Gasteiger partial charge on any atom is -0.377 e. The van der Waals surface area contributed by atoms with Crippen molar-refractivity contribution in [2.75, 3.05) is 6.61 Å². The van der Waals surface area contributed by atoms with Crippen LogP contribution in [0.15, 0.2) is 24.3 Å². The first-order chi connectivity index (χ1) is 7.68. The molecule has 0 radical (unpaired) electrons. The minimum absolute atomic E-state index is 0.263. The first-order valence-corrected chi connectivity index (χ1v) is 5.81. The van der Waals surface area contributed by atoms with Gasteiger partial charge in [-0.2, -0.15) is 0 Å². The van der Waals surface area contributed by atoms with Gasteiger partial charge in [-0.3, -0.25) is 0 Å². The summed E-state index contributed by atoms with van der Waals surface area (Å²) >= 11 is 0. The molecule has 0 spiro atoms. The summed E-state index contributed by atoms with van der Waals surface area (Å²) in [5, 5.41) is 0. The Morgan fingerprint density at radius 2 is 2.12 bits per heavy atom. The summed E-state index contributed by atoms with van der Waals surface area (Å²) in [6.45, 7) is 5.12. The summed E-state index contributed by atoms with van der Waals surface area (Å²) in [6, 6.07) is 8.33. The Morgan fingerprint density at radius 1 is 1.31 bits per heavy atom. The zero-order valence-corrected chi connectivity index (χ0v) is 10.2. The third-order valence-electron chi connectivity index (χ3n) is 2.42. The number of carbonyl (C=O) groups excluding carboxylic acids is 1. The van der Waals surface area contributed by atoms with Crippen LogP contribution in [0.3, 0.4) is 0 Å². The van der Waals surface area contributed by atoms with E-state index in [9.17, 15) is 4.79 Å². The quantitative estimate of drug-likeness (QED) is 0.659. The van der Waals surface area contributed by atoms with E-state index < -0.39 is 0 Å². The number of ketones is 1. The summed E-state index contributed by atoms with van der Waals surface area (Å²) in [6.07, 6.45) is 2.57. The van der Waals surface area contributed by atoms with E-state index in [4.69, 9.17) is 4.74 Å². The molecule has 0 bridgehead atoms. The number of ether oxygens (including phenoxy) is 1. The average molecular weight is 220 g/mol. The van der Waals surface area contributed by atoms with Gasteiger partial charge in [0.05, 0.1) is 6.61 Å². The molecule has 0 aromatic heterocycles. The molecule has 0 unspecified atom stereocenters. The molecule has 0 aliphatic carbocycles.